The SMILES string of the molecule is CC(C)CCOCCN1CCCC(N(C)CC(=O)O)CC1. The first-order chi connectivity index (χ1) is 9.99. The van der Waals surface area contributed by atoms with Crippen LogP contribution in [0.15, 0.2) is 0 Å². The summed E-state index contributed by atoms with van der Waals surface area (Å²) in [6.07, 6.45) is 4.41. The normalized spacial score (nSPS) is 20.9. The Labute approximate surface area is 129 Å². The molecule has 0 aromatic carbocycles. The molecule has 1 aliphatic rings. The van der Waals surface area contributed by atoms with E-state index in [1.54, 1.807) is 0 Å². The molecule has 1 aliphatic heterocycles. The standard InChI is InChI=1S/C16H32N2O3/c1-14(2)7-11-21-12-10-18-8-4-5-15(6-9-18)17(3)13-16(19)20/h14-15H,4-13H2,1-3H3,(H,19,20). The highest BCUT2D eigenvalue weighted by Crippen LogP contribution is 2.15. The number of nitrogens with zero attached hydrogens (tertiary/aromatic N) is 2. The van der Waals surface area contributed by atoms with Crippen LogP contribution < -0.4 is 0 Å². The van der Waals surface area contributed by atoms with Crippen molar-refractivity contribution >= 4 is 5.97 Å². The summed E-state index contributed by atoms with van der Waals surface area (Å²) in [5.74, 6) is -0.0362. The molecule has 0 aliphatic carbocycles. The van der Waals surface area contributed by atoms with E-state index in [2.05, 4.69) is 18.7 Å². The van der Waals surface area contributed by atoms with Gasteiger partial charge in [-0.25, -0.2) is 0 Å². The molecule has 1 unspecified atom stereocenters. The van der Waals surface area contributed by atoms with Crippen LogP contribution in [0.4, 0.5) is 0 Å². The van der Waals surface area contributed by atoms with Crippen LogP contribution in [0.1, 0.15) is 39.5 Å². The van der Waals surface area contributed by atoms with Crippen molar-refractivity contribution in [3.63, 3.8) is 0 Å². The fraction of sp³-hybridized carbons (Fsp3) is 0.938. The van der Waals surface area contributed by atoms with Gasteiger partial charge in [-0.2, -0.15) is 0 Å². The third kappa shape index (κ3) is 8.39. The second-order valence-electron chi connectivity index (χ2n) is 6.53. The monoisotopic (exact) mass is 300 g/mol. The lowest BCUT2D eigenvalue weighted by Gasteiger charge is -2.25. The molecule has 1 fully saturated rings. The van der Waals surface area contributed by atoms with Crippen LogP contribution in [-0.4, -0.2) is 73.4 Å². The molecule has 0 bridgehead atoms. The molecule has 1 N–H and O–H groups in total. The molecule has 1 atom stereocenters. The first kappa shape index (κ1) is 18.4. The molecular weight excluding hydrogens is 268 g/mol. The predicted molar refractivity (Wildman–Crippen MR) is 84.6 cm³/mol. The first-order valence-corrected chi connectivity index (χ1v) is 8.21. The molecule has 1 rings (SSSR count). The molecule has 0 aromatic rings. The van der Waals surface area contributed by atoms with Crippen molar-refractivity contribution in [1.29, 1.82) is 0 Å². The Morgan fingerprint density at radius 3 is 2.76 bits per heavy atom. The number of carbonyl (C=O) groups is 1. The van der Waals surface area contributed by atoms with Crippen LogP contribution in [0.25, 0.3) is 0 Å². The molecule has 0 aromatic heterocycles. The molecule has 1 saturated heterocycles. The van der Waals surface area contributed by atoms with Crippen molar-refractivity contribution in [3.8, 4) is 0 Å². The molecule has 0 saturated carbocycles. The van der Waals surface area contributed by atoms with E-state index in [4.69, 9.17) is 9.84 Å². The van der Waals surface area contributed by atoms with Crippen LogP contribution >= 0.6 is 0 Å². The number of likely N-dealkylation sites (N-methyl/N-ethyl adjacent to an activating group) is 1. The molecule has 5 heteroatoms. The van der Waals surface area contributed by atoms with E-state index < -0.39 is 5.97 Å². The summed E-state index contributed by atoms with van der Waals surface area (Å²) in [7, 11) is 1.92. The van der Waals surface area contributed by atoms with Crippen LogP contribution in [0.3, 0.4) is 0 Å². The maximum absolute atomic E-state index is 10.8. The average molecular weight is 300 g/mol. The molecule has 5 nitrogen and oxygen atoms in total. The second kappa shape index (κ2) is 10.1. The Kier molecular flexibility index (Phi) is 8.88. The van der Waals surface area contributed by atoms with Gasteiger partial charge >= 0.3 is 5.97 Å². The van der Waals surface area contributed by atoms with Crippen molar-refractivity contribution in [1.82, 2.24) is 9.80 Å². The van der Waals surface area contributed by atoms with Crippen LogP contribution in [-0.2, 0) is 9.53 Å². The summed E-state index contributed by atoms with van der Waals surface area (Å²) >= 11 is 0. The molecule has 0 spiro atoms. The number of hydrogen-bond donors (Lipinski definition) is 1. The number of hydrogen-bond acceptors (Lipinski definition) is 4. The fourth-order valence-electron chi connectivity index (χ4n) is 2.76. The first-order valence-electron chi connectivity index (χ1n) is 8.21. The van der Waals surface area contributed by atoms with Crippen LogP contribution in [0, 0.1) is 5.92 Å². The van der Waals surface area contributed by atoms with Gasteiger partial charge in [-0.1, -0.05) is 13.8 Å². The van der Waals surface area contributed by atoms with Crippen molar-refractivity contribution in [3.05, 3.63) is 0 Å². The van der Waals surface area contributed by atoms with Crippen molar-refractivity contribution in [2.75, 3.05) is 46.4 Å². The summed E-state index contributed by atoms with van der Waals surface area (Å²) < 4.78 is 5.69. The number of ether oxygens (including phenoxy) is 1. The van der Waals surface area contributed by atoms with Gasteiger partial charge in [0.15, 0.2) is 0 Å². The average Bonchev–Trinajstić information content (AvgIpc) is 2.63. The summed E-state index contributed by atoms with van der Waals surface area (Å²) in [6.45, 7) is 9.37. The van der Waals surface area contributed by atoms with E-state index in [1.807, 2.05) is 11.9 Å². The van der Waals surface area contributed by atoms with Gasteiger partial charge < -0.3 is 14.7 Å². The van der Waals surface area contributed by atoms with Gasteiger partial charge in [0.1, 0.15) is 0 Å². The summed E-state index contributed by atoms with van der Waals surface area (Å²) in [5, 5.41) is 8.87. The minimum absolute atomic E-state index is 0.142. The Bertz CT molecular complexity index is 297. The van der Waals surface area contributed by atoms with Crippen molar-refractivity contribution < 1.29 is 14.6 Å². The van der Waals surface area contributed by atoms with Crippen LogP contribution in [0.5, 0.6) is 0 Å². The predicted octanol–water partition coefficient (Wildman–Crippen LogP) is 1.92. The highest BCUT2D eigenvalue weighted by molar-refractivity contribution is 5.69. The number of carboxylic acids is 1. The summed E-state index contributed by atoms with van der Waals surface area (Å²) in [5.41, 5.74) is 0. The number of rotatable bonds is 9. The van der Waals surface area contributed by atoms with Gasteiger partial charge in [0, 0.05) is 19.2 Å². The minimum atomic E-state index is -0.739. The van der Waals surface area contributed by atoms with E-state index >= 15 is 0 Å². The Morgan fingerprint density at radius 1 is 1.33 bits per heavy atom. The zero-order valence-electron chi connectivity index (χ0n) is 13.9. The van der Waals surface area contributed by atoms with E-state index in [0.29, 0.717) is 12.0 Å². The maximum atomic E-state index is 10.8. The van der Waals surface area contributed by atoms with Crippen LogP contribution in [0.2, 0.25) is 0 Å². The highest BCUT2D eigenvalue weighted by atomic mass is 16.5. The van der Waals surface area contributed by atoms with E-state index in [9.17, 15) is 4.79 Å². The molecule has 1 heterocycles. The van der Waals surface area contributed by atoms with Crippen molar-refractivity contribution in [2.45, 2.75) is 45.6 Å². The molecular formula is C16H32N2O3. The molecule has 0 radical (unpaired) electrons. The zero-order chi connectivity index (χ0) is 15.7. The topological polar surface area (TPSA) is 53.0 Å². The maximum Gasteiger partial charge on any atom is 0.317 e. The third-order valence-corrected chi connectivity index (χ3v) is 4.19. The number of carboxylic acid groups (broad SMARTS) is 1. The van der Waals surface area contributed by atoms with Gasteiger partial charge in [-0.3, -0.25) is 9.69 Å². The molecule has 21 heavy (non-hydrogen) atoms. The van der Waals surface area contributed by atoms with Crippen molar-refractivity contribution in [2.24, 2.45) is 5.92 Å². The fourth-order valence-corrected chi connectivity index (χ4v) is 2.76. The third-order valence-electron chi connectivity index (χ3n) is 4.19. The lowest BCUT2D eigenvalue weighted by Crippen LogP contribution is -2.37. The van der Waals surface area contributed by atoms with Gasteiger partial charge in [-0.15, -0.1) is 0 Å². The van der Waals surface area contributed by atoms with E-state index in [-0.39, 0.29) is 6.54 Å². The lowest BCUT2D eigenvalue weighted by atomic mass is 10.1. The number of likely N-dealkylation sites (tertiary alicyclic amines) is 1. The zero-order valence-corrected chi connectivity index (χ0v) is 13.9. The van der Waals surface area contributed by atoms with Gasteiger partial charge in [0.25, 0.3) is 0 Å². The Balaban J connectivity index is 2.18. The molecule has 124 valence electrons. The summed E-state index contributed by atoms with van der Waals surface area (Å²) in [4.78, 5) is 15.2. The second-order valence-corrected chi connectivity index (χ2v) is 6.53. The molecule has 0 amide bonds. The highest BCUT2D eigenvalue weighted by Gasteiger charge is 2.21. The Hall–Kier alpha value is -0.650. The van der Waals surface area contributed by atoms with Gasteiger partial charge in [0.05, 0.1) is 13.2 Å². The quantitative estimate of drug-likeness (QED) is 0.659. The summed E-state index contributed by atoms with van der Waals surface area (Å²) in [6, 6.07) is 0.396. The lowest BCUT2D eigenvalue weighted by molar-refractivity contribution is -0.138. The van der Waals surface area contributed by atoms with E-state index in [1.165, 1.54) is 0 Å². The van der Waals surface area contributed by atoms with E-state index in [0.717, 1.165) is 58.5 Å². The minimum Gasteiger partial charge on any atom is -0.480 e. The van der Waals surface area contributed by atoms with Gasteiger partial charge in [0.2, 0.25) is 0 Å². The largest absolute Gasteiger partial charge is 0.480 e. The number of aliphatic carboxylic acids is 1. The smallest absolute Gasteiger partial charge is 0.317 e. The Morgan fingerprint density at radius 2 is 2.10 bits per heavy atom. The van der Waals surface area contributed by atoms with Gasteiger partial charge in [-0.05, 0) is 51.7 Å².